The Morgan fingerprint density at radius 1 is 1.07 bits per heavy atom. The van der Waals surface area contributed by atoms with Crippen molar-refractivity contribution in [3.05, 3.63) is 83.3 Å². The fourth-order valence-corrected chi connectivity index (χ4v) is 3.25. The Balaban J connectivity index is 1.45. The van der Waals surface area contributed by atoms with Crippen LogP contribution < -0.4 is 0 Å². The summed E-state index contributed by atoms with van der Waals surface area (Å²) in [5, 5.41) is 0.808. The molecular formula is C22H19NO5. The first-order chi connectivity index (χ1) is 13.5. The Kier molecular flexibility index (Phi) is 4.61. The van der Waals surface area contributed by atoms with E-state index in [1.165, 1.54) is 0 Å². The second-order valence-corrected chi connectivity index (χ2v) is 6.60. The van der Waals surface area contributed by atoms with Crippen molar-refractivity contribution < 1.29 is 23.2 Å². The molecule has 0 amide bonds. The quantitative estimate of drug-likeness (QED) is 0.364. The predicted octanol–water partition coefficient (Wildman–Crippen LogP) is 4.53. The lowest BCUT2D eigenvalue weighted by atomic mass is 10.1. The Morgan fingerprint density at radius 3 is 2.64 bits per heavy atom. The molecule has 0 saturated heterocycles. The third kappa shape index (κ3) is 3.36. The Morgan fingerprint density at radius 2 is 1.89 bits per heavy atom. The minimum atomic E-state index is -0.658. The SMILES string of the molecule is Cc1cc(C(=O)COC(=O)c2cc3ccccc3o2)c(C)n1Cc1ccco1. The number of aryl methyl sites for hydroxylation is 1. The molecule has 0 N–H and O–H groups in total. The summed E-state index contributed by atoms with van der Waals surface area (Å²) in [4.78, 5) is 24.8. The van der Waals surface area contributed by atoms with Gasteiger partial charge in [0.2, 0.25) is 11.5 Å². The molecule has 4 aromatic rings. The van der Waals surface area contributed by atoms with Crippen LogP contribution >= 0.6 is 0 Å². The molecule has 0 aliphatic heterocycles. The van der Waals surface area contributed by atoms with Gasteiger partial charge in [-0.1, -0.05) is 18.2 Å². The van der Waals surface area contributed by atoms with Gasteiger partial charge in [-0.25, -0.2) is 4.79 Å². The number of ketones is 1. The largest absolute Gasteiger partial charge is 0.467 e. The number of hydrogen-bond acceptors (Lipinski definition) is 5. The van der Waals surface area contributed by atoms with E-state index < -0.39 is 5.97 Å². The van der Waals surface area contributed by atoms with Gasteiger partial charge < -0.3 is 18.1 Å². The summed E-state index contributed by atoms with van der Waals surface area (Å²) in [5.74, 6) is -0.0356. The smallest absolute Gasteiger partial charge is 0.374 e. The highest BCUT2D eigenvalue weighted by Gasteiger charge is 2.20. The maximum atomic E-state index is 12.6. The first-order valence-electron chi connectivity index (χ1n) is 8.91. The molecule has 0 radical (unpaired) electrons. The van der Waals surface area contributed by atoms with Crippen LogP contribution in [0.5, 0.6) is 0 Å². The van der Waals surface area contributed by atoms with Crippen molar-refractivity contribution in [1.29, 1.82) is 0 Å². The van der Waals surface area contributed by atoms with Gasteiger partial charge in [-0.05, 0) is 44.2 Å². The molecular weight excluding hydrogens is 358 g/mol. The van der Waals surface area contributed by atoms with Gasteiger partial charge >= 0.3 is 5.97 Å². The summed E-state index contributed by atoms with van der Waals surface area (Å²) >= 11 is 0. The van der Waals surface area contributed by atoms with Crippen LogP contribution in [0.2, 0.25) is 0 Å². The molecule has 0 fully saturated rings. The topological polar surface area (TPSA) is 74.6 Å². The fraction of sp³-hybridized carbons (Fsp3) is 0.182. The van der Waals surface area contributed by atoms with Crippen molar-refractivity contribution >= 4 is 22.7 Å². The maximum absolute atomic E-state index is 12.6. The van der Waals surface area contributed by atoms with Gasteiger partial charge in [-0.15, -0.1) is 0 Å². The maximum Gasteiger partial charge on any atom is 0.374 e. The highest BCUT2D eigenvalue weighted by molar-refractivity contribution is 6.00. The van der Waals surface area contributed by atoms with Crippen LogP contribution in [0.3, 0.4) is 0 Å². The zero-order valence-electron chi connectivity index (χ0n) is 15.6. The molecule has 1 aromatic carbocycles. The van der Waals surface area contributed by atoms with Gasteiger partial charge in [0.05, 0.1) is 12.8 Å². The van der Waals surface area contributed by atoms with Crippen LogP contribution in [0.25, 0.3) is 11.0 Å². The third-order valence-corrected chi connectivity index (χ3v) is 4.73. The van der Waals surface area contributed by atoms with Gasteiger partial charge in [0.25, 0.3) is 0 Å². The number of furan rings is 2. The van der Waals surface area contributed by atoms with Crippen molar-refractivity contribution in [3.8, 4) is 0 Å². The van der Waals surface area contributed by atoms with E-state index in [4.69, 9.17) is 13.6 Å². The molecule has 3 aromatic heterocycles. The number of hydrogen-bond donors (Lipinski definition) is 0. The molecule has 3 heterocycles. The van der Waals surface area contributed by atoms with E-state index in [-0.39, 0.29) is 18.2 Å². The number of aromatic nitrogens is 1. The normalized spacial score (nSPS) is 11.1. The average molecular weight is 377 g/mol. The van der Waals surface area contributed by atoms with Gasteiger partial charge in [-0.2, -0.15) is 0 Å². The zero-order chi connectivity index (χ0) is 19.7. The molecule has 0 atom stereocenters. The van der Waals surface area contributed by atoms with Crippen molar-refractivity contribution in [2.45, 2.75) is 20.4 Å². The summed E-state index contributed by atoms with van der Waals surface area (Å²) < 4.78 is 18.0. The van der Waals surface area contributed by atoms with E-state index in [2.05, 4.69) is 0 Å². The van der Waals surface area contributed by atoms with Gasteiger partial charge in [0.1, 0.15) is 11.3 Å². The highest BCUT2D eigenvalue weighted by Crippen LogP contribution is 2.21. The molecule has 6 nitrogen and oxygen atoms in total. The second-order valence-electron chi connectivity index (χ2n) is 6.60. The molecule has 0 aliphatic rings. The van der Waals surface area contributed by atoms with E-state index in [9.17, 15) is 9.59 Å². The number of carbonyl (C=O) groups excluding carboxylic acids is 2. The molecule has 0 saturated carbocycles. The van der Waals surface area contributed by atoms with Crippen molar-refractivity contribution in [2.24, 2.45) is 0 Å². The van der Waals surface area contributed by atoms with Crippen molar-refractivity contribution in [2.75, 3.05) is 6.61 Å². The van der Waals surface area contributed by atoms with Gasteiger partial charge in [0, 0.05) is 22.3 Å². The molecule has 6 heteroatoms. The monoisotopic (exact) mass is 377 g/mol. The Labute approximate surface area is 161 Å². The highest BCUT2D eigenvalue weighted by atomic mass is 16.5. The Hall–Kier alpha value is -3.54. The summed E-state index contributed by atoms with van der Waals surface area (Å²) in [6.07, 6.45) is 1.62. The lowest BCUT2D eigenvalue weighted by Crippen LogP contribution is -2.15. The fourth-order valence-electron chi connectivity index (χ4n) is 3.25. The van der Waals surface area contributed by atoms with Crippen LogP contribution in [0, 0.1) is 13.8 Å². The van der Waals surface area contributed by atoms with E-state index in [1.54, 1.807) is 24.5 Å². The molecule has 0 bridgehead atoms. The predicted molar refractivity (Wildman–Crippen MR) is 103 cm³/mol. The molecule has 0 unspecified atom stereocenters. The van der Waals surface area contributed by atoms with Gasteiger partial charge in [-0.3, -0.25) is 4.79 Å². The van der Waals surface area contributed by atoms with Crippen LogP contribution in [-0.2, 0) is 11.3 Å². The number of esters is 1. The first kappa shape index (κ1) is 17.9. The number of Topliss-reactive ketones (excluding diaryl/α,β-unsaturated/α-hetero) is 1. The molecule has 0 spiro atoms. The first-order valence-corrected chi connectivity index (χ1v) is 8.91. The third-order valence-electron chi connectivity index (χ3n) is 4.73. The number of nitrogens with zero attached hydrogens (tertiary/aromatic N) is 1. The lowest BCUT2D eigenvalue weighted by molar-refractivity contribution is 0.0446. The number of rotatable bonds is 6. The van der Waals surface area contributed by atoms with Gasteiger partial charge in [0.15, 0.2) is 6.61 Å². The van der Waals surface area contributed by atoms with Crippen LogP contribution in [-0.4, -0.2) is 22.9 Å². The van der Waals surface area contributed by atoms with E-state index >= 15 is 0 Å². The van der Waals surface area contributed by atoms with Crippen LogP contribution in [0.4, 0.5) is 0 Å². The zero-order valence-corrected chi connectivity index (χ0v) is 15.6. The van der Waals surface area contributed by atoms with E-state index in [1.807, 2.05) is 48.7 Å². The molecule has 4 rings (SSSR count). The van der Waals surface area contributed by atoms with E-state index in [0.717, 1.165) is 22.5 Å². The number of carbonyl (C=O) groups is 2. The summed E-state index contributed by atoms with van der Waals surface area (Å²) in [6.45, 7) is 3.98. The standard InChI is InChI=1S/C22H19NO5/c1-14-10-18(15(2)23(14)12-17-7-5-9-26-17)19(24)13-27-22(25)21-11-16-6-3-4-8-20(16)28-21/h3-11H,12-13H2,1-2H3. The number of ether oxygens (including phenoxy) is 1. The molecule has 0 aliphatic carbocycles. The average Bonchev–Trinajstić information content (AvgIpc) is 3.41. The van der Waals surface area contributed by atoms with Crippen molar-refractivity contribution in [1.82, 2.24) is 4.57 Å². The van der Waals surface area contributed by atoms with Crippen LogP contribution in [0.15, 0.2) is 63.6 Å². The molecule has 142 valence electrons. The number of benzene rings is 1. The van der Waals surface area contributed by atoms with Crippen LogP contribution in [0.1, 0.15) is 38.1 Å². The lowest BCUT2D eigenvalue weighted by Gasteiger charge is -2.08. The summed E-state index contributed by atoms with van der Waals surface area (Å²) in [7, 11) is 0. The minimum Gasteiger partial charge on any atom is -0.467 e. The Bertz CT molecular complexity index is 1110. The number of para-hydroxylation sites is 1. The van der Waals surface area contributed by atoms with E-state index in [0.29, 0.717) is 17.7 Å². The molecule has 28 heavy (non-hydrogen) atoms. The summed E-state index contributed by atoms with van der Waals surface area (Å²) in [5.41, 5.74) is 2.86. The second kappa shape index (κ2) is 7.23. The van der Waals surface area contributed by atoms with Crippen molar-refractivity contribution in [3.63, 3.8) is 0 Å². The minimum absolute atomic E-state index is 0.0808. The summed E-state index contributed by atoms with van der Waals surface area (Å²) in [6, 6.07) is 14.4. The number of fused-ring (bicyclic) bond motifs is 1.